The van der Waals surface area contributed by atoms with Crippen LogP contribution in [0.2, 0.25) is 0 Å². The highest BCUT2D eigenvalue weighted by Crippen LogP contribution is 2.16. The number of amides is 1. The molecule has 0 saturated heterocycles. The lowest BCUT2D eigenvalue weighted by Crippen LogP contribution is -2.39. The van der Waals surface area contributed by atoms with Crippen LogP contribution in [0, 0.1) is 5.82 Å². The van der Waals surface area contributed by atoms with Crippen LogP contribution < -0.4 is 16.0 Å². The van der Waals surface area contributed by atoms with Gasteiger partial charge in [-0.2, -0.15) is 0 Å². The number of carbonyl (C=O) groups excluding carboxylic acids is 1. The summed E-state index contributed by atoms with van der Waals surface area (Å²) in [7, 11) is 1.68. The van der Waals surface area contributed by atoms with Crippen molar-refractivity contribution in [3.05, 3.63) is 34.1 Å². The Labute approximate surface area is 151 Å². The van der Waals surface area contributed by atoms with E-state index in [2.05, 4.69) is 36.9 Å². The summed E-state index contributed by atoms with van der Waals surface area (Å²) >= 11 is 3.25. The minimum Gasteiger partial charge on any atom is -0.356 e. The molecule has 0 atom stereocenters. The fourth-order valence-corrected chi connectivity index (χ4v) is 2.41. The molecule has 1 rings (SSSR count). The summed E-state index contributed by atoms with van der Waals surface area (Å²) in [4.78, 5) is 15.6. The van der Waals surface area contributed by atoms with Crippen LogP contribution in [-0.4, -0.2) is 38.5 Å². The first-order valence-corrected chi connectivity index (χ1v) is 9.01. The Bertz CT molecular complexity index is 551. The number of nitrogens with one attached hydrogen (secondary N) is 3. The Morgan fingerprint density at radius 2 is 1.96 bits per heavy atom. The second kappa shape index (κ2) is 11.8. The first-order chi connectivity index (χ1) is 11.6. The lowest BCUT2D eigenvalue weighted by atomic mass is 10.1. The summed E-state index contributed by atoms with van der Waals surface area (Å²) in [6, 6.07) is 5.12. The van der Waals surface area contributed by atoms with Crippen molar-refractivity contribution in [2.45, 2.75) is 32.6 Å². The molecule has 5 nitrogen and oxygen atoms in total. The van der Waals surface area contributed by atoms with Crippen molar-refractivity contribution in [3.8, 4) is 0 Å². The molecule has 134 valence electrons. The second-order valence-corrected chi connectivity index (χ2v) is 6.28. The zero-order valence-electron chi connectivity index (χ0n) is 14.3. The number of aryl methyl sites for hydroxylation is 1. The molecule has 0 aliphatic rings. The lowest BCUT2D eigenvalue weighted by molar-refractivity contribution is -0.120. The standard InChI is InChI=1S/C17H26BrFN4O/c1-3-9-21-16(24)8-11-23-17(20-2)22-10-4-5-13-6-7-14(18)12-15(13)19/h6-7,12H,3-5,8-11H2,1-2H3,(H,21,24)(H2,20,22,23). The first-order valence-electron chi connectivity index (χ1n) is 8.22. The highest BCUT2D eigenvalue weighted by molar-refractivity contribution is 9.10. The third-order valence-electron chi connectivity index (χ3n) is 3.37. The number of hydrogen-bond donors (Lipinski definition) is 3. The molecule has 0 aromatic heterocycles. The monoisotopic (exact) mass is 400 g/mol. The number of benzene rings is 1. The van der Waals surface area contributed by atoms with E-state index < -0.39 is 0 Å². The largest absolute Gasteiger partial charge is 0.356 e. The summed E-state index contributed by atoms with van der Waals surface area (Å²) in [6.45, 7) is 3.93. The van der Waals surface area contributed by atoms with Crippen LogP contribution in [0.4, 0.5) is 4.39 Å². The lowest BCUT2D eigenvalue weighted by Gasteiger charge is -2.12. The van der Waals surface area contributed by atoms with Gasteiger partial charge in [-0.05, 0) is 37.0 Å². The van der Waals surface area contributed by atoms with Crippen molar-refractivity contribution >= 4 is 27.8 Å². The van der Waals surface area contributed by atoms with E-state index in [-0.39, 0.29) is 11.7 Å². The van der Waals surface area contributed by atoms with Gasteiger partial charge in [0, 0.05) is 37.6 Å². The van der Waals surface area contributed by atoms with E-state index in [4.69, 9.17) is 0 Å². The molecular weight excluding hydrogens is 375 g/mol. The number of carbonyl (C=O) groups is 1. The zero-order valence-corrected chi connectivity index (χ0v) is 15.9. The number of rotatable bonds is 9. The SMILES string of the molecule is CCCNC(=O)CCNC(=NC)NCCCc1ccc(Br)cc1F. The molecule has 0 radical (unpaired) electrons. The molecule has 0 unspecified atom stereocenters. The maximum atomic E-state index is 13.7. The fraction of sp³-hybridized carbons (Fsp3) is 0.529. The molecule has 0 fully saturated rings. The highest BCUT2D eigenvalue weighted by atomic mass is 79.9. The summed E-state index contributed by atoms with van der Waals surface area (Å²) in [5, 5.41) is 9.08. The van der Waals surface area contributed by atoms with Gasteiger partial charge < -0.3 is 16.0 Å². The van der Waals surface area contributed by atoms with E-state index in [0.29, 0.717) is 44.0 Å². The molecule has 1 aromatic carbocycles. The molecule has 0 aliphatic carbocycles. The van der Waals surface area contributed by atoms with Gasteiger partial charge in [-0.3, -0.25) is 9.79 Å². The quantitative estimate of drug-likeness (QED) is 0.339. The Morgan fingerprint density at radius 3 is 2.62 bits per heavy atom. The van der Waals surface area contributed by atoms with E-state index in [1.807, 2.05) is 13.0 Å². The van der Waals surface area contributed by atoms with Gasteiger partial charge >= 0.3 is 0 Å². The summed E-state index contributed by atoms with van der Waals surface area (Å²) < 4.78 is 14.5. The number of aliphatic imine (C=N–C) groups is 1. The second-order valence-electron chi connectivity index (χ2n) is 5.37. The average molecular weight is 401 g/mol. The topological polar surface area (TPSA) is 65.5 Å². The van der Waals surface area contributed by atoms with Crippen molar-refractivity contribution in [1.29, 1.82) is 0 Å². The van der Waals surface area contributed by atoms with Crippen LogP contribution in [0.25, 0.3) is 0 Å². The third-order valence-corrected chi connectivity index (χ3v) is 3.86. The van der Waals surface area contributed by atoms with E-state index in [0.717, 1.165) is 17.3 Å². The van der Waals surface area contributed by atoms with Crippen LogP contribution >= 0.6 is 15.9 Å². The molecule has 7 heteroatoms. The normalized spacial score (nSPS) is 11.2. The Hall–Kier alpha value is -1.63. The van der Waals surface area contributed by atoms with Crippen LogP contribution in [0.3, 0.4) is 0 Å². The van der Waals surface area contributed by atoms with E-state index >= 15 is 0 Å². The molecule has 0 heterocycles. The van der Waals surface area contributed by atoms with Crippen molar-refractivity contribution < 1.29 is 9.18 Å². The van der Waals surface area contributed by atoms with Gasteiger partial charge in [0.15, 0.2) is 5.96 Å². The highest BCUT2D eigenvalue weighted by Gasteiger charge is 2.04. The van der Waals surface area contributed by atoms with Crippen molar-refractivity contribution in [2.75, 3.05) is 26.7 Å². The third kappa shape index (κ3) is 8.29. The Morgan fingerprint density at radius 1 is 1.21 bits per heavy atom. The maximum Gasteiger partial charge on any atom is 0.221 e. The number of hydrogen-bond acceptors (Lipinski definition) is 2. The summed E-state index contributed by atoms with van der Waals surface area (Å²) in [5.74, 6) is 0.491. The van der Waals surface area contributed by atoms with Crippen molar-refractivity contribution in [2.24, 2.45) is 4.99 Å². The zero-order chi connectivity index (χ0) is 17.8. The van der Waals surface area contributed by atoms with Gasteiger partial charge in [0.05, 0.1) is 0 Å². The van der Waals surface area contributed by atoms with Crippen molar-refractivity contribution in [1.82, 2.24) is 16.0 Å². The minimum absolute atomic E-state index is 0.0329. The average Bonchev–Trinajstić information content (AvgIpc) is 2.56. The Kier molecular flexibility index (Phi) is 10.1. The minimum atomic E-state index is -0.190. The number of nitrogens with zero attached hydrogens (tertiary/aromatic N) is 1. The molecule has 0 aliphatic heterocycles. The van der Waals surface area contributed by atoms with Crippen LogP contribution in [0.15, 0.2) is 27.7 Å². The fourth-order valence-electron chi connectivity index (χ4n) is 2.08. The molecule has 24 heavy (non-hydrogen) atoms. The molecule has 0 saturated carbocycles. The van der Waals surface area contributed by atoms with E-state index in [9.17, 15) is 9.18 Å². The van der Waals surface area contributed by atoms with Crippen LogP contribution in [0.1, 0.15) is 31.7 Å². The summed E-state index contributed by atoms with van der Waals surface area (Å²) in [6.07, 6.45) is 2.78. The van der Waals surface area contributed by atoms with Gasteiger partial charge in [0.1, 0.15) is 5.82 Å². The predicted octanol–water partition coefficient (Wildman–Crippen LogP) is 2.60. The number of halogens is 2. The molecule has 0 spiro atoms. The summed E-state index contributed by atoms with van der Waals surface area (Å²) in [5.41, 5.74) is 0.704. The van der Waals surface area contributed by atoms with Gasteiger partial charge in [-0.25, -0.2) is 4.39 Å². The molecular formula is C17H26BrFN4O. The van der Waals surface area contributed by atoms with Crippen LogP contribution in [-0.2, 0) is 11.2 Å². The van der Waals surface area contributed by atoms with Gasteiger partial charge in [0.2, 0.25) is 5.91 Å². The van der Waals surface area contributed by atoms with Crippen molar-refractivity contribution in [3.63, 3.8) is 0 Å². The first kappa shape index (κ1) is 20.4. The predicted molar refractivity (Wildman–Crippen MR) is 99.7 cm³/mol. The van der Waals surface area contributed by atoms with Gasteiger partial charge in [-0.15, -0.1) is 0 Å². The Balaban J connectivity index is 2.21. The van der Waals surface area contributed by atoms with Crippen LogP contribution in [0.5, 0.6) is 0 Å². The maximum absolute atomic E-state index is 13.7. The molecule has 0 bridgehead atoms. The molecule has 3 N–H and O–H groups in total. The molecule has 1 amide bonds. The smallest absolute Gasteiger partial charge is 0.221 e. The van der Waals surface area contributed by atoms with E-state index in [1.54, 1.807) is 13.1 Å². The van der Waals surface area contributed by atoms with Gasteiger partial charge in [0.25, 0.3) is 0 Å². The van der Waals surface area contributed by atoms with E-state index in [1.165, 1.54) is 6.07 Å². The number of guanidine groups is 1. The van der Waals surface area contributed by atoms with Gasteiger partial charge in [-0.1, -0.05) is 28.9 Å². The molecule has 1 aromatic rings.